The molecule has 0 spiro atoms. The first-order valence-corrected chi connectivity index (χ1v) is 7.36. The highest BCUT2D eigenvalue weighted by atomic mass is 35.5. The van der Waals surface area contributed by atoms with Crippen LogP contribution >= 0.6 is 11.6 Å². The van der Waals surface area contributed by atoms with Crippen LogP contribution in [-0.2, 0) is 10.0 Å². The Labute approximate surface area is 112 Å². The third-order valence-electron chi connectivity index (χ3n) is 2.94. The lowest BCUT2D eigenvalue weighted by atomic mass is 10.3. The molecule has 0 unspecified atom stereocenters. The normalized spacial score (nSPS) is 21.2. The van der Waals surface area contributed by atoms with Gasteiger partial charge in [0.25, 0.3) is 0 Å². The van der Waals surface area contributed by atoms with Crippen LogP contribution in [0.4, 0.5) is 0 Å². The number of methoxy groups -OCH3 is 1. The van der Waals surface area contributed by atoms with E-state index in [1.165, 1.54) is 23.5 Å². The second-order valence-corrected chi connectivity index (χ2v) is 6.52. The standard InChI is InChI=1S/C11H15ClN2O3S/c1-17-9-2-3-10(12)11(6-9)18(15,16)14-5-4-8(13)7-14/h2-3,6,8H,4-5,7,13H2,1H3/t8-/m1/s1. The summed E-state index contributed by atoms with van der Waals surface area (Å²) in [6.45, 7) is 0.757. The minimum Gasteiger partial charge on any atom is -0.497 e. The van der Waals surface area contributed by atoms with Crippen LogP contribution < -0.4 is 10.5 Å². The molecular weight excluding hydrogens is 276 g/mol. The molecule has 0 amide bonds. The summed E-state index contributed by atoms with van der Waals surface area (Å²) in [5.41, 5.74) is 5.73. The highest BCUT2D eigenvalue weighted by Crippen LogP contribution is 2.30. The van der Waals surface area contributed by atoms with E-state index in [0.29, 0.717) is 25.3 Å². The summed E-state index contributed by atoms with van der Waals surface area (Å²) in [5.74, 6) is 0.460. The minimum absolute atomic E-state index is 0.0672. The number of rotatable bonds is 3. The Hall–Kier alpha value is -0.820. The topological polar surface area (TPSA) is 72.6 Å². The molecule has 1 aromatic carbocycles. The predicted octanol–water partition coefficient (Wildman–Crippen LogP) is 1.07. The van der Waals surface area contributed by atoms with Gasteiger partial charge in [0.05, 0.1) is 12.1 Å². The molecule has 18 heavy (non-hydrogen) atoms. The van der Waals surface area contributed by atoms with Gasteiger partial charge in [-0.05, 0) is 18.6 Å². The SMILES string of the molecule is COc1ccc(Cl)c(S(=O)(=O)N2CC[C@@H](N)C2)c1. The maximum absolute atomic E-state index is 12.4. The molecule has 1 atom stereocenters. The van der Waals surface area contributed by atoms with Crippen LogP contribution in [0.25, 0.3) is 0 Å². The van der Waals surface area contributed by atoms with Crippen LogP contribution in [0.3, 0.4) is 0 Å². The van der Waals surface area contributed by atoms with Crippen molar-refractivity contribution in [1.29, 1.82) is 0 Å². The van der Waals surface area contributed by atoms with Gasteiger partial charge in [0.1, 0.15) is 10.6 Å². The van der Waals surface area contributed by atoms with Gasteiger partial charge in [-0.15, -0.1) is 0 Å². The second-order valence-electron chi connectivity index (χ2n) is 4.21. The number of hydrogen-bond donors (Lipinski definition) is 1. The summed E-state index contributed by atoms with van der Waals surface area (Å²) in [4.78, 5) is 0.0672. The van der Waals surface area contributed by atoms with Gasteiger partial charge in [0, 0.05) is 25.2 Å². The van der Waals surface area contributed by atoms with E-state index in [1.54, 1.807) is 6.07 Å². The highest BCUT2D eigenvalue weighted by molar-refractivity contribution is 7.89. The molecule has 100 valence electrons. The van der Waals surface area contributed by atoms with E-state index in [-0.39, 0.29) is 16.0 Å². The molecule has 0 radical (unpaired) electrons. The molecule has 1 aromatic rings. The summed E-state index contributed by atoms with van der Waals surface area (Å²) >= 11 is 5.96. The zero-order chi connectivity index (χ0) is 13.3. The lowest BCUT2D eigenvalue weighted by Gasteiger charge is -2.17. The van der Waals surface area contributed by atoms with Crippen LogP contribution in [0.2, 0.25) is 5.02 Å². The average Bonchev–Trinajstić information content (AvgIpc) is 2.77. The second kappa shape index (κ2) is 5.05. The molecule has 5 nitrogen and oxygen atoms in total. The van der Waals surface area contributed by atoms with Crippen molar-refractivity contribution in [3.63, 3.8) is 0 Å². The van der Waals surface area contributed by atoms with Gasteiger partial charge in [-0.2, -0.15) is 4.31 Å². The van der Waals surface area contributed by atoms with E-state index in [9.17, 15) is 8.42 Å². The fourth-order valence-corrected chi connectivity index (χ4v) is 3.92. The average molecular weight is 291 g/mol. The Morgan fingerprint density at radius 3 is 2.78 bits per heavy atom. The van der Waals surface area contributed by atoms with E-state index in [1.807, 2.05) is 0 Å². The highest BCUT2D eigenvalue weighted by Gasteiger charge is 2.32. The van der Waals surface area contributed by atoms with Crippen LogP contribution in [0.1, 0.15) is 6.42 Å². The smallest absolute Gasteiger partial charge is 0.244 e. The maximum Gasteiger partial charge on any atom is 0.244 e. The van der Waals surface area contributed by atoms with Gasteiger partial charge in [0.2, 0.25) is 10.0 Å². The first-order valence-electron chi connectivity index (χ1n) is 5.54. The Kier molecular flexibility index (Phi) is 3.82. The Morgan fingerprint density at radius 1 is 1.50 bits per heavy atom. The number of nitrogens with zero attached hydrogens (tertiary/aromatic N) is 1. The predicted molar refractivity (Wildman–Crippen MR) is 69.4 cm³/mol. The molecule has 1 heterocycles. The van der Waals surface area contributed by atoms with Gasteiger partial charge < -0.3 is 10.5 Å². The number of ether oxygens (including phenoxy) is 1. The summed E-state index contributed by atoms with van der Waals surface area (Å²) in [5, 5.41) is 0.191. The van der Waals surface area contributed by atoms with E-state index < -0.39 is 10.0 Å². The van der Waals surface area contributed by atoms with Crippen molar-refractivity contribution in [3.05, 3.63) is 23.2 Å². The largest absolute Gasteiger partial charge is 0.497 e. The number of benzene rings is 1. The lowest BCUT2D eigenvalue weighted by molar-refractivity contribution is 0.412. The third kappa shape index (κ3) is 2.47. The summed E-state index contributed by atoms with van der Waals surface area (Å²) < 4.78 is 31.2. The zero-order valence-electron chi connectivity index (χ0n) is 9.97. The molecule has 1 aliphatic rings. The lowest BCUT2D eigenvalue weighted by Crippen LogP contribution is -2.32. The van der Waals surface area contributed by atoms with Crippen molar-refractivity contribution in [2.45, 2.75) is 17.4 Å². The molecule has 1 fully saturated rings. The van der Waals surface area contributed by atoms with Crippen LogP contribution in [-0.4, -0.2) is 39.0 Å². The van der Waals surface area contributed by atoms with Crippen molar-refractivity contribution in [2.75, 3.05) is 20.2 Å². The van der Waals surface area contributed by atoms with Crippen molar-refractivity contribution in [1.82, 2.24) is 4.31 Å². The molecule has 0 aliphatic carbocycles. The fourth-order valence-electron chi connectivity index (χ4n) is 1.92. The summed E-state index contributed by atoms with van der Waals surface area (Å²) in [6, 6.07) is 4.46. The molecule has 2 rings (SSSR count). The van der Waals surface area contributed by atoms with Gasteiger partial charge in [-0.25, -0.2) is 8.42 Å². The van der Waals surface area contributed by atoms with Gasteiger partial charge in [0.15, 0.2) is 0 Å². The number of hydrogen-bond acceptors (Lipinski definition) is 4. The fraction of sp³-hybridized carbons (Fsp3) is 0.455. The van der Waals surface area contributed by atoms with Gasteiger partial charge in [-0.3, -0.25) is 0 Å². The molecule has 7 heteroatoms. The van der Waals surface area contributed by atoms with E-state index in [2.05, 4.69) is 0 Å². The molecule has 0 bridgehead atoms. The van der Waals surface area contributed by atoms with Crippen molar-refractivity contribution in [2.24, 2.45) is 5.73 Å². The third-order valence-corrected chi connectivity index (χ3v) is 5.29. The monoisotopic (exact) mass is 290 g/mol. The summed E-state index contributed by atoms with van der Waals surface area (Å²) in [6.07, 6.45) is 0.667. The molecule has 1 saturated heterocycles. The molecule has 0 aromatic heterocycles. The number of nitrogens with two attached hydrogens (primary N) is 1. The summed E-state index contributed by atoms with van der Waals surface area (Å²) in [7, 11) is -2.12. The van der Waals surface area contributed by atoms with E-state index in [0.717, 1.165) is 0 Å². The van der Waals surface area contributed by atoms with Crippen molar-refractivity contribution < 1.29 is 13.2 Å². The number of sulfonamides is 1. The first kappa shape index (κ1) is 13.6. The van der Waals surface area contributed by atoms with Crippen LogP contribution in [0.15, 0.2) is 23.1 Å². The Balaban J connectivity index is 2.40. The molecule has 0 saturated carbocycles. The van der Waals surface area contributed by atoms with Gasteiger partial charge in [-0.1, -0.05) is 11.6 Å². The van der Waals surface area contributed by atoms with Crippen LogP contribution in [0.5, 0.6) is 5.75 Å². The Bertz CT molecular complexity index is 547. The van der Waals surface area contributed by atoms with Crippen molar-refractivity contribution in [3.8, 4) is 5.75 Å². The van der Waals surface area contributed by atoms with E-state index in [4.69, 9.17) is 22.1 Å². The minimum atomic E-state index is -3.59. The molecule has 1 aliphatic heterocycles. The first-order chi connectivity index (χ1) is 8.45. The number of halogens is 1. The van der Waals surface area contributed by atoms with Gasteiger partial charge >= 0.3 is 0 Å². The maximum atomic E-state index is 12.4. The molecular formula is C11H15ClN2O3S. The quantitative estimate of drug-likeness (QED) is 0.904. The van der Waals surface area contributed by atoms with E-state index >= 15 is 0 Å². The molecule has 2 N–H and O–H groups in total. The Morgan fingerprint density at radius 2 is 2.22 bits per heavy atom. The zero-order valence-corrected chi connectivity index (χ0v) is 11.5. The van der Waals surface area contributed by atoms with Crippen LogP contribution in [0, 0.1) is 0 Å². The van der Waals surface area contributed by atoms with Crippen molar-refractivity contribution >= 4 is 21.6 Å².